The van der Waals surface area contributed by atoms with Gasteiger partial charge in [-0.2, -0.15) is 0 Å². The van der Waals surface area contributed by atoms with Crippen LogP contribution in [0.2, 0.25) is 0 Å². The normalized spacial score (nSPS) is 18.1. The van der Waals surface area contributed by atoms with Crippen molar-refractivity contribution >= 4 is 12.4 Å². The van der Waals surface area contributed by atoms with Gasteiger partial charge in [0.05, 0.1) is 13.7 Å². The lowest BCUT2D eigenvalue weighted by molar-refractivity contribution is -0.0439. The SMILES string of the molecule is COc1cc(F)ccc1OC(c1cccc(F)c1)[C@@H]1CNCCO1.Cl. The summed E-state index contributed by atoms with van der Waals surface area (Å²) in [6.07, 6.45) is -0.844. The van der Waals surface area contributed by atoms with E-state index in [4.69, 9.17) is 14.2 Å². The van der Waals surface area contributed by atoms with Crippen molar-refractivity contribution in [3.63, 3.8) is 0 Å². The van der Waals surface area contributed by atoms with Crippen LogP contribution in [0.1, 0.15) is 11.7 Å². The molecule has 2 aromatic rings. The number of ether oxygens (including phenoxy) is 3. The van der Waals surface area contributed by atoms with Crippen LogP contribution in [0.5, 0.6) is 11.5 Å². The van der Waals surface area contributed by atoms with Gasteiger partial charge in [0.2, 0.25) is 0 Å². The van der Waals surface area contributed by atoms with Crippen molar-refractivity contribution < 1.29 is 23.0 Å². The van der Waals surface area contributed by atoms with E-state index in [2.05, 4.69) is 5.32 Å². The van der Waals surface area contributed by atoms with Crippen LogP contribution in [0.15, 0.2) is 42.5 Å². The van der Waals surface area contributed by atoms with Gasteiger partial charge in [0.25, 0.3) is 0 Å². The molecule has 136 valence electrons. The minimum absolute atomic E-state index is 0. The Morgan fingerprint density at radius 2 is 1.92 bits per heavy atom. The summed E-state index contributed by atoms with van der Waals surface area (Å²) >= 11 is 0. The summed E-state index contributed by atoms with van der Waals surface area (Å²) in [5.41, 5.74) is 0.648. The molecule has 1 aliphatic rings. The van der Waals surface area contributed by atoms with Crippen LogP contribution in [0, 0.1) is 11.6 Å². The third-order valence-corrected chi connectivity index (χ3v) is 3.85. The third kappa shape index (κ3) is 4.81. The number of morpholine rings is 1. The fraction of sp³-hybridized carbons (Fsp3) is 0.333. The summed E-state index contributed by atoms with van der Waals surface area (Å²) in [5, 5.41) is 3.23. The first-order valence-corrected chi connectivity index (χ1v) is 7.75. The molecule has 0 bridgehead atoms. The molecule has 1 unspecified atom stereocenters. The van der Waals surface area contributed by atoms with Crippen LogP contribution >= 0.6 is 12.4 Å². The number of nitrogens with one attached hydrogen (secondary N) is 1. The predicted molar refractivity (Wildman–Crippen MR) is 92.6 cm³/mol. The largest absolute Gasteiger partial charge is 0.493 e. The fourth-order valence-electron chi connectivity index (χ4n) is 2.70. The van der Waals surface area contributed by atoms with Crippen molar-refractivity contribution in [2.24, 2.45) is 0 Å². The molecule has 1 fully saturated rings. The van der Waals surface area contributed by atoms with Gasteiger partial charge in [-0.15, -0.1) is 12.4 Å². The molecule has 3 rings (SSSR count). The van der Waals surface area contributed by atoms with Crippen molar-refractivity contribution in [2.45, 2.75) is 12.2 Å². The van der Waals surface area contributed by atoms with E-state index >= 15 is 0 Å². The fourth-order valence-corrected chi connectivity index (χ4v) is 2.70. The van der Waals surface area contributed by atoms with Crippen LogP contribution in [0.3, 0.4) is 0 Å². The molecule has 1 N–H and O–H groups in total. The Hall–Kier alpha value is -1.89. The molecule has 0 saturated carbocycles. The number of hydrogen-bond donors (Lipinski definition) is 1. The number of methoxy groups -OCH3 is 1. The first-order valence-electron chi connectivity index (χ1n) is 7.75. The van der Waals surface area contributed by atoms with Crippen molar-refractivity contribution in [2.75, 3.05) is 26.8 Å². The first-order chi connectivity index (χ1) is 11.7. The smallest absolute Gasteiger partial charge is 0.163 e. The van der Waals surface area contributed by atoms with Crippen LogP contribution in [0.4, 0.5) is 8.78 Å². The van der Waals surface area contributed by atoms with Gasteiger partial charge in [0, 0.05) is 19.2 Å². The summed E-state index contributed by atoms with van der Waals surface area (Å²) in [5.74, 6) is -0.115. The Kier molecular flexibility index (Phi) is 6.99. The molecule has 0 radical (unpaired) electrons. The molecule has 2 aromatic carbocycles. The molecule has 1 saturated heterocycles. The number of halogens is 3. The van der Waals surface area contributed by atoms with Gasteiger partial charge in [0.1, 0.15) is 17.7 Å². The third-order valence-electron chi connectivity index (χ3n) is 3.85. The Balaban J connectivity index is 0.00000225. The maximum atomic E-state index is 13.6. The van der Waals surface area contributed by atoms with Crippen LogP contribution in [0.25, 0.3) is 0 Å². The van der Waals surface area contributed by atoms with Crippen LogP contribution in [-0.4, -0.2) is 32.9 Å². The van der Waals surface area contributed by atoms with E-state index in [1.54, 1.807) is 12.1 Å². The zero-order chi connectivity index (χ0) is 16.9. The van der Waals surface area contributed by atoms with E-state index in [1.807, 2.05) is 0 Å². The molecule has 7 heteroatoms. The van der Waals surface area contributed by atoms with Crippen LogP contribution in [-0.2, 0) is 4.74 Å². The Labute approximate surface area is 151 Å². The zero-order valence-electron chi connectivity index (χ0n) is 13.7. The highest BCUT2D eigenvalue weighted by atomic mass is 35.5. The molecule has 1 heterocycles. The summed E-state index contributed by atoms with van der Waals surface area (Å²) in [7, 11) is 1.44. The Morgan fingerprint density at radius 3 is 2.60 bits per heavy atom. The molecule has 1 aliphatic heterocycles. The van der Waals surface area contributed by atoms with Gasteiger partial charge in [-0.25, -0.2) is 8.78 Å². The van der Waals surface area contributed by atoms with Gasteiger partial charge in [-0.05, 0) is 29.8 Å². The molecular formula is C18H20ClF2NO3. The number of hydrogen-bond acceptors (Lipinski definition) is 4. The maximum Gasteiger partial charge on any atom is 0.163 e. The summed E-state index contributed by atoms with van der Waals surface area (Å²) in [6, 6.07) is 10.2. The highest BCUT2D eigenvalue weighted by Gasteiger charge is 2.29. The second-order valence-corrected chi connectivity index (χ2v) is 5.50. The van der Waals surface area contributed by atoms with Gasteiger partial charge in [-0.1, -0.05) is 12.1 Å². The van der Waals surface area contributed by atoms with Gasteiger partial charge >= 0.3 is 0 Å². The zero-order valence-corrected chi connectivity index (χ0v) is 14.5. The van der Waals surface area contributed by atoms with Crippen molar-refractivity contribution in [1.29, 1.82) is 0 Å². The van der Waals surface area contributed by atoms with Crippen molar-refractivity contribution in [3.05, 3.63) is 59.7 Å². The van der Waals surface area contributed by atoms with E-state index in [0.717, 1.165) is 6.54 Å². The maximum absolute atomic E-state index is 13.6. The lowest BCUT2D eigenvalue weighted by Gasteiger charge is -2.32. The quantitative estimate of drug-likeness (QED) is 0.873. The molecular weight excluding hydrogens is 352 g/mol. The minimum atomic E-state index is -0.548. The van der Waals surface area contributed by atoms with Crippen molar-refractivity contribution in [3.8, 4) is 11.5 Å². The molecule has 25 heavy (non-hydrogen) atoms. The highest BCUT2D eigenvalue weighted by Crippen LogP contribution is 2.34. The monoisotopic (exact) mass is 371 g/mol. The van der Waals surface area contributed by atoms with E-state index < -0.39 is 11.9 Å². The average Bonchev–Trinajstić information content (AvgIpc) is 2.61. The lowest BCUT2D eigenvalue weighted by atomic mass is 10.0. The number of rotatable bonds is 5. The minimum Gasteiger partial charge on any atom is -0.493 e. The molecule has 4 nitrogen and oxygen atoms in total. The van der Waals surface area contributed by atoms with Gasteiger partial charge < -0.3 is 19.5 Å². The highest BCUT2D eigenvalue weighted by molar-refractivity contribution is 5.85. The predicted octanol–water partition coefficient (Wildman–Crippen LogP) is 3.50. The Morgan fingerprint density at radius 1 is 1.12 bits per heavy atom. The summed E-state index contributed by atoms with van der Waals surface area (Å²) in [6.45, 7) is 1.87. The molecule has 0 aliphatic carbocycles. The van der Waals surface area contributed by atoms with Crippen molar-refractivity contribution in [1.82, 2.24) is 5.32 Å². The van der Waals surface area contributed by atoms with E-state index in [1.165, 1.54) is 37.4 Å². The van der Waals surface area contributed by atoms with E-state index in [0.29, 0.717) is 24.5 Å². The van der Waals surface area contributed by atoms with Gasteiger partial charge in [0.15, 0.2) is 17.6 Å². The Bertz CT molecular complexity index is 696. The molecule has 2 atom stereocenters. The standard InChI is InChI=1S/C18H19F2NO3.ClH/c1-22-16-10-14(20)5-6-15(16)24-18(17-11-21-7-8-23-17)12-3-2-4-13(19)9-12;/h2-6,9-10,17-18,21H,7-8,11H2,1H3;1H/t17-,18?;/m0./s1. The van der Waals surface area contributed by atoms with E-state index in [9.17, 15) is 8.78 Å². The molecule has 0 aromatic heterocycles. The second-order valence-electron chi connectivity index (χ2n) is 5.50. The van der Waals surface area contributed by atoms with Crippen LogP contribution < -0.4 is 14.8 Å². The van der Waals surface area contributed by atoms with E-state index in [-0.39, 0.29) is 30.1 Å². The first kappa shape index (κ1) is 19.4. The molecule has 0 spiro atoms. The average molecular weight is 372 g/mol. The molecule has 0 amide bonds. The lowest BCUT2D eigenvalue weighted by Crippen LogP contribution is -2.43. The summed E-state index contributed by atoms with van der Waals surface area (Å²) < 4.78 is 44.0. The van der Waals surface area contributed by atoms with Gasteiger partial charge in [-0.3, -0.25) is 0 Å². The number of benzene rings is 2. The second kappa shape index (κ2) is 8.99. The summed E-state index contributed by atoms with van der Waals surface area (Å²) in [4.78, 5) is 0. The topological polar surface area (TPSA) is 39.7 Å².